The summed E-state index contributed by atoms with van der Waals surface area (Å²) >= 11 is 0. The summed E-state index contributed by atoms with van der Waals surface area (Å²) in [6.45, 7) is 6.04. The lowest BCUT2D eigenvalue weighted by Gasteiger charge is -2.25. The molecule has 0 spiro atoms. The maximum atomic E-state index is 12.3. The Bertz CT molecular complexity index is 784. The van der Waals surface area contributed by atoms with Gasteiger partial charge in [0.05, 0.1) is 7.11 Å². The minimum absolute atomic E-state index is 0.216. The fraction of sp³-hybridized carbons (Fsp3) is 0.318. The Morgan fingerprint density at radius 2 is 1.84 bits per heavy atom. The smallest absolute Gasteiger partial charge is 0.315 e. The van der Waals surface area contributed by atoms with Crippen molar-refractivity contribution in [1.82, 2.24) is 0 Å². The second-order valence-corrected chi connectivity index (χ2v) is 6.45. The topological polar surface area (TPSA) is 35.5 Å². The van der Waals surface area contributed by atoms with Crippen molar-refractivity contribution >= 4 is 5.97 Å². The molecule has 0 aliphatic rings. The monoisotopic (exact) mass is 336 g/mol. The molecule has 0 bridgehead atoms. The first-order valence-corrected chi connectivity index (χ1v) is 8.27. The van der Waals surface area contributed by atoms with Crippen molar-refractivity contribution in [2.45, 2.75) is 27.2 Å². The van der Waals surface area contributed by atoms with E-state index in [0.717, 1.165) is 22.4 Å². The standard InChI is InChI=1S/C22H24O3/c1-17-12-13-18(2)20(15-17)25-16-22(3,21(23)24-4)14-8-11-19-9-6-5-7-10-19/h5-7,9-10,12-13,15H,14,16H2,1-4H3. The molecule has 0 heterocycles. The molecule has 0 aliphatic carbocycles. The fourth-order valence-electron chi connectivity index (χ4n) is 2.39. The molecule has 0 fully saturated rings. The van der Waals surface area contributed by atoms with Crippen molar-refractivity contribution in [3.05, 3.63) is 65.2 Å². The third-order valence-electron chi connectivity index (χ3n) is 4.05. The molecule has 0 radical (unpaired) electrons. The van der Waals surface area contributed by atoms with Gasteiger partial charge in [0.25, 0.3) is 0 Å². The Morgan fingerprint density at radius 1 is 1.12 bits per heavy atom. The van der Waals surface area contributed by atoms with E-state index in [4.69, 9.17) is 9.47 Å². The maximum Gasteiger partial charge on any atom is 0.315 e. The Labute approximate surface area is 150 Å². The molecular weight excluding hydrogens is 312 g/mol. The molecule has 3 nitrogen and oxygen atoms in total. The van der Waals surface area contributed by atoms with Gasteiger partial charge in [-0.2, -0.15) is 0 Å². The SMILES string of the molecule is COC(=O)C(C)(CC#Cc1ccccc1)COc1cc(C)ccc1C. The first-order chi connectivity index (χ1) is 11.9. The number of benzene rings is 2. The molecule has 0 aliphatic heterocycles. The fourth-order valence-corrected chi connectivity index (χ4v) is 2.39. The van der Waals surface area contributed by atoms with E-state index >= 15 is 0 Å². The highest BCUT2D eigenvalue weighted by molar-refractivity contribution is 5.77. The zero-order chi connectivity index (χ0) is 18.3. The number of rotatable bonds is 5. The molecule has 3 heteroatoms. The van der Waals surface area contributed by atoms with Crippen LogP contribution in [-0.2, 0) is 9.53 Å². The molecule has 0 N–H and O–H groups in total. The maximum absolute atomic E-state index is 12.3. The molecule has 1 unspecified atom stereocenters. The van der Waals surface area contributed by atoms with Crippen LogP contribution in [0.1, 0.15) is 30.0 Å². The first kappa shape index (κ1) is 18.6. The van der Waals surface area contributed by atoms with Crippen molar-refractivity contribution in [3.8, 4) is 17.6 Å². The zero-order valence-electron chi connectivity index (χ0n) is 15.3. The summed E-state index contributed by atoms with van der Waals surface area (Å²) in [7, 11) is 1.39. The lowest BCUT2D eigenvalue weighted by atomic mass is 9.88. The number of hydrogen-bond donors (Lipinski definition) is 0. The molecule has 25 heavy (non-hydrogen) atoms. The van der Waals surface area contributed by atoms with E-state index < -0.39 is 5.41 Å². The van der Waals surface area contributed by atoms with Gasteiger partial charge in [0.2, 0.25) is 0 Å². The second-order valence-electron chi connectivity index (χ2n) is 6.45. The van der Waals surface area contributed by atoms with Crippen LogP contribution in [0.2, 0.25) is 0 Å². The number of esters is 1. The van der Waals surface area contributed by atoms with E-state index in [1.807, 2.05) is 69.3 Å². The van der Waals surface area contributed by atoms with Gasteiger partial charge in [0.15, 0.2) is 0 Å². The largest absolute Gasteiger partial charge is 0.492 e. The summed E-state index contributed by atoms with van der Waals surface area (Å²) in [6, 6.07) is 15.7. The van der Waals surface area contributed by atoms with Crippen LogP contribution in [0.15, 0.2) is 48.5 Å². The Hall–Kier alpha value is -2.73. The van der Waals surface area contributed by atoms with Gasteiger partial charge >= 0.3 is 5.97 Å². The highest BCUT2D eigenvalue weighted by atomic mass is 16.5. The van der Waals surface area contributed by atoms with Gasteiger partial charge in [-0.3, -0.25) is 4.79 Å². The molecule has 130 valence electrons. The quantitative estimate of drug-likeness (QED) is 0.603. The predicted molar refractivity (Wildman–Crippen MR) is 99.5 cm³/mol. The van der Waals surface area contributed by atoms with Crippen LogP contribution in [-0.4, -0.2) is 19.7 Å². The third-order valence-corrected chi connectivity index (χ3v) is 4.05. The molecule has 0 aromatic heterocycles. The van der Waals surface area contributed by atoms with Crippen LogP contribution in [0.5, 0.6) is 5.75 Å². The van der Waals surface area contributed by atoms with Crippen molar-refractivity contribution in [3.63, 3.8) is 0 Å². The number of methoxy groups -OCH3 is 1. The summed E-state index contributed by atoms with van der Waals surface area (Å²) < 4.78 is 10.9. The molecule has 0 saturated heterocycles. The lowest BCUT2D eigenvalue weighted by Crippen LogP contribution is -2.35. The van der Waals surface area contributed by atoms with Crippen LogP contribution < -0.4 is 4.74 Å². The van der Waals surface area contributed by atoms with E-state index in [1.165, 1.54) is 7.11 Å². The molecule has 0 amide bonds. The summed E-state index contributed by atoms with van der Waals surface area (Å²) in [4.78, 5) is 12.3. The second kappa shape index (κ2) is 8.39. The van der Waals surface area contributed by atoms with E-state index in [1.54, 1.807) is 0 Å². The number of carbonyl (C=O) groups is 1. The summed E-state index contributed by atoms with van der Waals surface area (Å²) in [6.07, 6.45) is 0.361. The molecule has 2 aromatic carbocycles. The van der Waals surface area contributed by atoms with E-state index in [2.05, 4.69) is 11.8 Å². The highest BCUT2D eigenvalue weighted by Crippen LogP contribution is 2.27. The minimum Gasteiger partial charge on any atom is -0.492 e. The summed E-state index contributed by atoms with van der Waals surface area (Å²) in [5.74, 6) is 6.64. The van der Waals surface area contributed by atoms with E-state index in [9.17, 15) is 4.79 Å². The van der Waals surface area contributed by atoms with Crippen molar-refractivity contribution in [2.75, 3.05) is 13.7 Å². The van der Waals surface area contributed by atoms with Crippen LogP contribution in [0.25, 0.3) is 0 Å². The Balaban J connectivity index is 2.13. The molecule has 1 atom stereocenters. The van der Waals surface area contributed by atoms with Gasteiger partial charge in [-0.05, 0) is 50.1 Å². The van der Waals surface area contributed by atoms with Crippen LogP contribution >= 0.6 is 0 Å². The average molecular weight is 336 g/mol. The number of aryl methyl sites for hydroxylation is 2. The van der Waals surface area contributed by atoms with Gasteiger partial charge in [-0.15, -0.1) is 0 Å². The third kappa shape index (κ3) is 5.12. The Morgan fingerprint density at radius 3 is 2.52 bits per heavy atom. The van der Waals surface area contributed by atoms with Crippen LogP contribution in [0.3, 0.4) is 0 Å². The number of ether oxygens (including phenoxy) is 2. The molecule has 2 aromatic rings. The predicted octanol–water partition coefficient (Wildman–Crippen LogP) is 4.30. The number of carbonyl (C=O) groups excluding carboxylic acids is 1. The van der Waals surface area contributed by atoms with Gasteiger partial charge in [0.1, 0.15) is 17.8 Å². The first-order valence-electron chi connectivity index (χ1n) is 8.27. The highest BCUT2D eigenvalue weighted by Gasteiger charge is 2.35. The zero-order valence-corrected chi connectivity index (χ0v) is 15.3. The van der Waals surface area contributed by atoms with Crippen LogP contribution in [0.4, 0.5) is 0 Å². The van der Waals surface area contributed by atoms with Crippen molar-refractivity contribution in [1.29, 1.82) is 0 Å². The minimum atomic E-state index is -0.827. The molecular formula is C22H24O3. The van der Waals surface area contributed by atoms with Crippen LogP contribution in [0, 0.1) is 31.1 Å². The van der Waals surface area contributed by atoms with E-state index in [-0.39, 0.29) is 12.6 Å². The summed E-state index contributed by atoms with van der Waals surface area (Å²) in [5.41, 5.74) is 2.25. The van der Waals surface area contributed by atoms with Gasteiger partial charge in [-0.25, -0.2) is 0 Å². The van der Waals surface area contributed by atoms with Crippen molar-refractivity contribution < 1.29 is 14.3 Å². The normalized spacial score (nSPS) is 12.5. The Kier molecular flexibility index (Phi) is 6.25. The summed E-state index contributed by atoms with van der Waals surface area (Å²) in [5, 5.41) is 0. The van der Waals surface area contributed by atoms with Gasteiger partial charge < -0.3 is 9.47 Å². The van der Waals surface area contributed by atoms with Gasteiger partial charge in [-0.1, -0.05) is 42.2 Å². The molecule has 0 saturated carbocycles. The van der Waals surface area contributed by atoms with E-state index in [0.29, 0.717) is 6.42 Å². The number of hydrogen-bond acceptors (Lipinski definition) is 3. The average Bonchev–Trinajstić information content (AvgIpc) is 2.62. The molecule has 2 rings (SSSR count). The van der Waals surface area contributed by atoms with Gasteiger partial charge in [0, 0.05) is 12.0 Å². The van der Waals surface area contributed by atoms with Crippen molar-refractivity contribution in [2.24, 2.45) is 5.41 Å². The lowest BCUT2D eigenvalue weighted by molar-refractivity contribution is -0.153.